The largest absolute Gasteiger partial charge is 0.340 e. The Morgan fingerprint density at radius 3 is 2.96 bits per heavy atom. The molecule has 0 aliphatic carbocycles. The maximum absolute atomic E-state index is 13.3. The zero-order chi connectivity index (χ0) is 17.2. The summed E-state index contributed by atoms with van der Waals surface area (Å²) in [4.78, 5) is 14.1. The number of piperidine rings is 1. The average Bonchev–Trinajstić information content (AvgIpc) is 3.08. The molecule has 2 fully saturated rings. The van der Waals surface area contributed by atoms with E-state index < -0.39 is 15.8 Å². The fourth-order valence-corrected chi connectivity index (χ4v) is 5.20. The summed E-state index contributed by atoms with van der Waals surface area (Å²) in [5, 5.41) is 3.14. The van der Waals surface area contributed by atoms with Crippen LogP contribution in [0.25, 0.3) is 0 Å². The molecule has 0 bridgehead atoms. The molecule has 1 aromatic carbocycles. The number of likely N-dealkylation sites (tertiary alicyclic amines) is 1. The van der Waals surface area contributed by atoms with E-state index in [9.17, 15) is 17.6 Å². The van der Waals surface area contributed by atoms with Crippen molar-refractivity contribution in [3.05, 3.63) is 30.1 Å². The molecule has 0 saturated carbocycles. The van der Waals surface area contributed by atoms with Crippen molar-refractivity contribution in [2.75, 3.05) is 24.7 Å². The number of hydrogen-bond donors (Lipinski definition) is 2. The van der Waals surface area contributed by atoms with Gasteiger partial charge in [0.25, 0.3) is 0 Å². The molecule has 9 heteroatoms. The summed E-state index contributed by atoms with van der Waals surface area (Å²) >= 11 is 1.68. The zero-order valence-corrected chi connectivity index (χ0v) is 14.7. The standard InChI is InChI=1S/C15H20FN3O3S2/c16-11-3-1-5-13(7-11)24(21,22)18-12-4-2-6-19(8-12)15(20)14-9-23-10-17-14/h1,3,5,7,12,14,17-18H,2,4,6,8-10H2. The Morgan fingerprint density at radius 1 is 1.42 bits per heavy atom. The van der Waals surface area contributed by atoms with E-state index >= 15 is 0 Å². The first kappa shape index (κ1) is 17.7. The van der Waals surface area contributed by atoms with Gasteiger partial charge in [0.15, 0.2) is 0 Å². The van der Waals surface area contributed by atoms with Gasteiger partial charge in [-0.2, -0.15) is 0 Å². The van der Waals surface area contributed by atoms with Crippen LogP contribution < -0.4 is 10.0 Å². The molecule has 1 amide bonds. The molecule has 24 heavy (non-hydrogen) atoms. The monoisotopic (exact) mass is 373 g/mol. The molecule has 132 valence electrons. The Morgan fingerprint density at radius 2 is 2.25 bits per heavy atom. The van der Waals surface area contributed by atoms with Gasteiger partial charge in [0.05, 0.1) is 10.9 Å². The van der Waals surface area contributed by atoms with Crippen LogP contribution in [0.15, 0.2) is 29.2 Å². The molecule has 2 unspecified atom stereocenters. The van der Waals surface area contributed by atoms with Gasteiger partial charge in [-0.3, -0.25) is 10.1 Å². The molecule has 0 radical (unpaired) electrons. The highest BCUT2D eigenvalue weighted by Crippen LogP contribution is 2.18. The number of nitrogens with zero attached hydrogens (tertiary/aromatic N) is 1. The first-order chi connectivity index (χ1) is 11.5. The van der Waals surface area contributed by atoms with Crippen LogP contribution in [0.3, 0.4) is 0 Å². The van der Waals surface area contributed by atoms with Crippen LogP contribution >= 0.6 is 11.8 Å². The van der Waals surface area contributed by atoms with Crippen molar-refractivity contribution in [2.24, 2.45) is 0 Å². The van der Waals surface area contributed by atoms with Crippen LogP contribution in [-0.2, 0) is 14.8 Å². The predicted octanol–water partition coefficient (Wildman–Crippen LogP) is 0.758. The molecule has 1 aromatic rings. The molecular weight excluding hydrogens is 353 g/mol. The summed E-state index contributed by atoms with van der Waals surface area (Å²) < 4.78 is 40.6. The summed E-state index contributed by atoms with van der Waals surface area (Å²) in [6.07, 6.45) is 1.40. The van der Waals surface area contributed by atoms with E-state index in [-0.39, 0.29) is 22.9 Å². The highest BCUT2D eigenvalue weighted by molar-refractivity contribution is 7.99. The highest BCUT2D eigenvalue weighted by Gasteiger charge is 2.32. The van der Waals surface area contributed by atoms with Gasteiger partial charge < -0.3 is 4.90 Å². The first-order valence-corrected chi connectivity index (χ1v) is 10.5. The molecule has 0 spiro atoms. The number of thioether (sulfide) groups is 1. The van der Waals surface area contributed by atoms with Crippen LogP contribution in [0.2, 0.25) is 0 Å². The normalized spacial score (nSPS) is 25.0. The minimum Gasteiger partial charge on any atom is -0.340 e. The van der Waals surface area contributed by atoms with Crippen molar-refractivity contribution in [2.45, 2.75) is 29.8 Å². The van der Waals surface area contributed by atoms with Crippen molar-refractivity contribution < 1.29 is 17.6 Å². The van der Waals surface area contributed by atoms with Gasteiger partial charge in [0.2, 0.25) is 15.9 Å². The van der Waals surface area contributed by atoms with Crippen LogP contribution in [-0.4, -0.2) is 56.0 Å². The predicted molar refractivity (Wildman–Crippen MR) is 90.6 cm³/mol. The lowest BCUT2D eigenvalue weighted by Crippen LogP contribution is -2.53. The van der Waals surface area contributed by atoms with Crippen molar-refractivity contribution >= 4 is 27.7 Å². The summed E-state index contributed by atoms with van der Waals surface area (Å²) in [7, 11) is -3.80. The number of benzene rings is 1. The van der Waals surface area contributed by atoms with Crippen LogP contribution in [0.1, 0.15) is 12.8 Å². The number of amides is 1. The number of carbonyl (C=O) groups is 1. The molecule has 6 nitrogen and oxygen atoms in total. The lowest BCUT2D eigenvalue weighted by atomic mass is 10.1. The second kappa shape index (κ2) is 7.38. The quantitative estimate of drug-likeness (QED) is 0.815. The van der Waals surface area contributed by atoms with Crippen molar-refractivity contribution in [1.29, 1.82) is 0 Å². The average molecular weight is 373 g/mol. The van der Waals surface area contributed by atoms with Crippen molar-refractivity contribution in [1.82, 2.24) is 14.9 Å². The third kappa shape index (κ3) is 4.08. The molecule has 2 aliphatic rings. The Labute approximate surface area is 145 Å². The van der Waals surface area contributed by atoms with E-state index in [1.807, 2.05) is 0 Å². The molecule has 2 saturated heterocycles. The summed E-state index contributed by atoms with van der Waals surface area (Å²) in [6.45, 7) is 0.982. The third-order valence-electron chi connectivity index (χ3n) is 4.18. The Hall–Kier alpha value is -1.16. The summed E-state index contributed by atoms with van der Waals surface area (Å²) in [5.74, 6) is 0.937. The second-order valence-corrected chi connectivity index (χ2v) is 8.72. The number of nitrogens with one attached hydrogen (secondary N) is 2. The third-order valence-corrected chi connectivity index (χ3v) is 6.63. The number of sulfonamides is 1. The molecule has 2 atom stereocenters. The number of carbonyl (C=O) groups excluding carboxylic acids is 1. The van der Waals surface area contributed by atoms with Gasteiger partial charge >= 0.3 is 0 Å². The first-order valence-electron chi connectivity index (χ1n) is 7.83. The smallest absolute Gasteiger partial charge is 0.240 e. The number of hydrogen-bond acceptors (Lipinski definition) is 5. The second-order valence-electron chi connectivity index (χ2n) is 5.97. The Kier molecular flexibility index (Phi) is 5.43. The van der Waals surface area contributed by atoms with Crippen LogP contribution in [0, 0.1) is 5.82 Å². The number of rotatable bonds is 4. The maximum atomic E-state index is 13.3. The van der Waals surface area contributed by atoms with Gasteiger partial charge in [-0.05, 0) is 31.0 Å². The molecule has 3 rings (SSSR count). The van der Waals surface area contributed by atoms with E-state index in [2.05, 4.69) is 10.0 Å². The zero-order valence-electron chi connectivity index (χ0n) is 13.1. The lowest BCUT2D eigenvalue weighted by molar-refractivity contribution is -0.133. The Bertz CT molecular complexity index is 708. The molecule has 2 aliphatic heterocycles. The molecular formula is C15H20FN3O3S2. The SMILES string of the molecule is O=C(C1CSCN1)N1CCCC(NS(=O)(=O)c2cccc(F)c2)C1. The topological polar surface area (TPSA) is 78.5 Å². The van der Waals surface area contributed by atoms with Crippen LogP contribution in [0.4, 0.5) is 4.39 Å². The fraction of sp³-hybridized carbons (Fsp3) is 0.533. The van der Waals surface area contributed by atoms with Gasteiger partial charge in [-0.15, -0.1) is 11.8 Å². The van der Waals surface area contributed by atoms with E-state index in [0.29, 0.717) is 19.5 Å². The van der Waals surface area contributed by atoms with Gasteiger partial charge in [-0.25, -0.2) is 17.5 Å². The molecule has 2 heterocycles. The summed E-state index contributed by atoms with van der Waals surface area (Å²) in [6, 6.07) is 4.37. The van der Waals surface area contributed by atoms with E-state index in [1.165, 1.54) is 18.2 Å². The maximum Gasteiger partial charge on any atom is 0.240 e. The van der Waals surface area contributed by atoms with Gasteiger partial charge in [0, 0.05) is 30.8 Å². The van der Waals surface area contributed by atoms with E-state index in [4.69, 9.17) is 0 Å². The number of halogens is 1. The van der Waals surface area contributed by atoms with Crippen molar-refractivity contribution in [3.8, 4) is 0 Å². The van der Waals surface area contributed by atoms with E-state index in [1.54, 1.807) is 16.7 Å². The van der Waals surface area contributed by atoms with Crippen LogP contribution in [0.5, 0.6) is 0 Å². The molecule has 0 aromatic heterocycles. The van der Waals surface area contributed by atoms with Crippen molar-refractivity contribution in [3.63, 3.8) is 0 Å². The minimum absolute atomic E-state index is 0.0228. The van der Waals surface area contributed by atoms with E-state index in [0.717, 1.165) is 24.1 Å². The highest BCUT2D eigenvalue weighted by atomic mass is 32.2. The minimum atomic E-state index is -3.80. The summed E-state index contributed by atoms with van der Waals surface area (Å²) in [5.41, 5.74) is 0. The lowest BCUT2D eigenvalue weighted by Gasteiger charge is -2.34. The Balaban J connectivity index is 1.65. The fourth-order valence-electron chi connectivity index (χ4n) is 2.97. The molecule has 2 N–H and O–H groups in total. The van der Waals surface area contributed by atoms with Gasteiger partial charge in [-0.1, -0.05) is 6.07 Å². The van der Waals surface area contributed by atoms with Gasteiger partial charge in [0.1, 0.15) is 5.82 Å².